The number of likely N-dealkylation sites (tertiary alicyclic amines) is 1. The van der Waals surface area contributed by atoms with Crippen LogP contribution in [0.5, 0.6) is 5.75 Å². The van der Waals surface area contributed by atoms with Gasteiger partial charge in [-0.2, -0.15) is 0 Å². The Morgan fingerprint density at radius 3 is 2.52 bits per heavy atom. The molecular weight excluding hydrogens is 416 g/mol. The summed E-state index contributed by atoms with van der Waals surface area (Å²) in [4.78, 5) is 30.7. The highest BCUT2D eigenvalue weighted by atomic mass is 35.5. The number of halogens is 1. The van der Waals surface area contributed by atoms with Crippen LogP contribution in [0.1, 0.15) is 23.2 Å². The number of ether oxygens (including phenoxy) is 1. The molecule has 0 aliphatic carbocycles. The average molecular weight is 437 g/mol. The van der Waals surface area contributed by atoms with Crippen LogP contribution in [0.25, 0.3) is 22.4 Å². The number of nitrogens with zero attached hydrogens (tertiary/aromatic N) is 2. The van der Waals surface area contributed by atoms with Crippen molar-refractivity contribution < 1.29 is 19.4 Å². The summed E-state index contributed by atoms with van der Waals surface area (Å²) in [5.74, 6) is -0.694. The number of aromatic nitrogens is 1. The van der Waals surface area contributed by atoms with Crippen molar-refractivity contribution in [3.05, 3.63) is 71.4 Å². The molecule has 0 radical (unpaired) electrons. The predicted molar refractivity (Wildman–Crippen MR) is 118 cm³/mol. The number of amides is 1. The summed E-state index contributed by atoms with van der Waals surface area (Å²) in [6, 6.07) is 15.7. The number of carboxylic acid groups (broad SMARTS) is 1. The second kappa shape index (κ2) is 8.78. The van der Waals surface area contributed by atoms with Crippen molar-refractivity contribution in [3.63, 3.8) is 0 Å². The first-order valence-electron chi connectivity index (χ1n) is 9.93. The monoisotopic (exact) mass is 436 g/mol. The molecule has 1 aliphatic rings. The number of hydrogen-bond donors (Lipinski definition) is 1. The SMILES string of the molecule is COc1ccccc1-c1ncc(C(=O)N2CCCC2C(=O)O)cc1-c1ccccc1Cl. The molecule has 1 N–H and O–H groups in total. The van der Waals surface area contributed by atoms with Gasteiger partial charge in [0.15, 0.2) is 0 Å². The summed E-state index contributed by atoms with van der Waals surface area (Å²) >= 11 is 6.48. The second-order valence-electron chi connectivity index (χ2n) is 7.30. The Morgan fingerprint density at radius 1 is 1.10 bits per heavy atom. The van der Waals surface area contributed by atoms with E-state index < -0.39 is 12.0 Å². The highest BCUT2D eigenvalue weighted by Gasteiger charge is 2.35. The maximum Gasteiger partial charge on any atom is 0.326 e. The molecule has 1 unspecified atom stereocenters. The Hall–Kier alpha value is -3.38. The van der Waals surface area contributed by atoms with Crippen LogP contribution < -0.4 is 4.74 Å². The molecule has 1 fully saturated rings. The van der Waals surface area contributed by atoms with Gasteiger partial charge in [0.05, 0.1) is 18.4 Å². The Morgan fingerprint density at radius 2 is 1.81 bits per heavy atom. The molecule has 158 valence electrons. The highest BCUT2D eigenvalue weighted by molar-refractivity contribution is 6.33. The average Bonchev–Trinajstić information content (AvgIpc) is 3.29. The van der Waals surface area contributed by atoms with Crippen molar-refractivity contribution in [1.82, 2.24) is 9.88 Å². The number of pyridine rings is 1. The molecule has 6 nitrogen and oxygen atoms in total. The first kappa shape index (κ1) is 20.9. The third-order valence-electron chi connectivity index (χ3n) is 5.46. The topological polar surface area (TPSA) is 79.7 Å². The second-order valence-corrected chi connectivity index (χ2v) is 7.70. The van der Waals surface area contributed by atoms with Crippen molar-refractivity contribution >= 4 is 23.5 Å². The molecule has 1 amide bonds. The molecule has 1 saturated heterocycles. The maximum absolute atomic E-state index is 13.2. The molecular formula is C24H21ClN2O4. The minimum Gasteiger partial charge on any atom is -0.496 e. The Balaban J connectivity index is 1.86. The van der Waals surface area contributed by atoms with Gasteiger partial charge in [-0.05, 0) is 37.1 Å². The zero-order chi connectivity index (χ0) is 22.0. The largest absolute Gasteiger partial charge is 0.496 e. The zero-order valence-electron chi connectivity index (χ0n) is 16.9. The summed E-state index contributed by atoms with van der Waals surface area (Å²) in [6.07, 6.45) is 2.60. The van der Waals surface area contributed by atoms with Crippen LogP contribution in [0, 0.1) is 0 Å². The molecule has 4 rings (SSSR count). The number of carboxylic acids is 1. The van der Waals surface area contributed by atoms with E-state index in [2.05, 4.69) is 4.98 Å². The Kier molecular flexibility index (Phi) is 5.91. The first-order valence-corrected chi connectivity index (χ1v) is 10.3. The number of carbonyl (C=O) groups excluding carboxylic acids is 1. The third kappa shape index (κ3) is 3.99. The molecule has 31 heavy (non-hydrogen) atoms. The lowest BCUT2D eigenvalue weighted by Gasteiger charge is -2.22. The lowest BCUT2D eigenvalue weighted by Crippen LogP contribution is -2.40. The lowest BCUT2D eigenvalue weighted by atomic mass is 9.97. The lowest BCUT2D eigenvalue weighted by molar-refractivity contribution is -0.141. The molecule has 2 aromatic carbocycles. The molecule has 1 atom stereocenters. The third-order valence-corrected chi connectivity index (χ3v) is 5.79. The minimum absolute atomic E-state index is 0.321. The summed E-state index contributed by atoms with van der Waals surface area (Å²) in [5, 5.41) is 9.98. The van der Waals surface area contributed by atoms with Crippen molar-refractivity contribution in [2.24, 2.45) is 0 Å². The van der Waals surface area contributed by atoms with Gasteiger partial charge in [0.1, 0.15) is 11.8 Å². The predicted octanol–water partition coefficient (Wildman–Crippen LogP) is 4.77. The van der Waals surface area contributed by atoms with Crippen LogP contribution in [0.2, 0.25) is 5.02 Å². The number of aliphatic carboxylic acids is 1. The van der Waals surface area contributed by atoms with E-state index in [1.54, 1.807) is 19.2 Å². The Bertz CT molecular complexity index is 1150. The number of para-hydroxylation sites is 1. The zero-order valence-corrected chi connectivity index (χ0v) is 17.7. The molecule has 1 aromatic heterocycles. The smallest absolute Gasteiger partial charge is 0.326 e. The quantitative estimate of drug-likeness (QED) is 0.623. The van der Waals surface area contributed by atoms with Gasteiger partial charge in [-0.25, -0.2) is 4.79 Å². The van der Waals surface area contributed by atoms with Gasteiger partial charge in [0.25, 0.3) is 5.91 Å². The molecule has 3 aromatic rings. The fourth-order valence-electron chi connectivity index (χ4n) is 3.95. The summed E-state index contributed by atoms with van der Waals surface area (Å²) < 4.78 is 5.51. The van der Waals surface area contributed by atoms with Crippen molar-refractivity contribution in [2.45, 2.75) is 18.9 Å². The highest BCUT2D eigenvalue weighted by Crippen LogP contribution is 2.39. The van der Waals surface area contributed by atoms with E-state index in [1.165, 1.54) is 11.1 Å². The standard InChI is InChI=1S/C24H21ClN2O4/c1-31-21-11-5-3-8-17(21)22-18(16-7-2-4-9-19(16)25)13-15(14-26-22)23(28)27-12-6-10-20(27)24(29)30/h2-5,7-9,11,13-14,20H,6,10,12H2,1H3,(H,29,30). The summed E-state index contributed by atoms with van der Waals surface area (Å²) in [5.41, 5.74) is 3.11. The van der Waals surface area contributed by atoms with Gasteiger partial charge < -0.3 is 14.7 Å². The number of hydrogen-bond acceptors (Lipinski definition) is 4. The molecule has 0 saturated carbocycles. The van der Waals surface area contributed by atoms with Gasteiger partial charge in [-0.1, -0.05) is 41.9 Å². The van der Waals surface area contributed by atoms with E-state index in [-0.39, 0.29) is 5.91 Å². The summed E-state index contributed by atoms with van der Waals surface area (Å²) in [6.45, 7) is 0.408. The maximum atomic E-state index is 13.2. The number of rotatable bonds is 5. The van der Waals surface area contributed by atoms with Crippen LogP contribution >= 0.6 is 11.6 Å². The van der Waals surface area contributed by atoms with Crippen LogP contribution in [-0.4, -0.2) is 46.6 Å². The van der Waals surface area contributed by atoms with Gasteiger partial charge in [-0.15, -0.1) is 0 Å². The van der Waals surface area contributed by atoms with Crippen molar-refractivity contribution in [2.75, 3.05) is 13.7 Å². The molecule has 0 bridgehead atoms. The molecule has 0 spiro atoms. The van der Waals surface area contributed by atoms with Gasteiger partial charge in [0.2, 0.25) is 0 Å². The van der Waals surface area contributed by atoms with E-state index in [0.29, 0.717) is 47.0 Å². The Labute approximate surface area is 185 Å². The number of carbonyl (C=O) groups is 2. The van der Waals surface area contributed by atoms with Crippen molar-refractivity contribution in [1.29, 1.82) is 0 Å². The number of benzene rings is 2. The summed E-state index contributed by atoms with van der Waals surface area (Å²) in [7, 11) is 1.59. The van der Waals surface area contributed by atoms with E-state index in [1.807, 2.05) is 42.5 Å². The van der Waals surface area contributed by atoms with E-state index in [0.717, 1.165) is 11.1 Å². The van der Waals surface area contributed by atoms with Crippen LogP contribution in [-0.2, 0) is 4.79 Å². The molecule has 7 heteroatoms. The fourth-order valence-corrected chi connectivity index (χ4v) is 4.19. The van der Waals surface area contributed by atoms with E-state index in [4.69, 9.17) is 16.3 Å². The van der Waals surface area contributed by atoms with Gasteiger partial charge in [-0.3, -0.25) is 9.78 Å². The van der Waals surface area contributed by atoms with Crippen molar-refractivity contribution in [3.8, 4) is 28.1 Å². The van der Waals surface area contributed by atoms with Gasteiger partial charge in [0, 0.05) is 34.5 Å². The normalized spacial score (nSPS) is 15.7. The van der Waals surface area contributed by atoms with E-state index in [9.17, 15) is 14.7 Å². The first-order chi connectivity index (χ1) is 15.0. The minimum atomic E-state index is -0.990. The fraction of sp³-hybridized carbons (Fsp3) is 0.208. The van der Waals surface area contributed by atoms with Crippen LogP contribution in [0.3, 0.4) is 0 Å². The number of methoxy groups -OCH3 is 1. The van der Waals surface area contributed by atoms with Crippen LogP contribution in [0.4, 0.5) is 0 Å². The molecule has 2 heterocycles. The van der Waals surface area contributed by atoms with E-state index >= 15 is 0 Å². The van der Waals surface area contributed by atoms with Gasteiger partial charge >= 0.3 is 5.97 Å². The van der Waals surface area contributed by atoms with Crippen LogP contribution in [0.15, 0.2) is 60.8 Å². The molecule has 1 aliphatic heterocycles.